The predicted molar refractivity (Wildman–Crippen MR) is 120 cm³/mol. The number of hydrogen-bond acceptors (Lipinski definition) is 3. The summed E-state index contributed by atoms with van der Waals surface area (Å²) < 4.78 is 68.4. The van der Waals surface area contributed by atoms with Crippen LogP contribution in [0.4, 0.5) is 23.2 Å². The van der Waals surface area contributed by atoms with Crippen LogP contribution in [0.25, 0.3) is 11.3 Å². The molecule has 2 aromatic carbocycles. The summed E-state index contributed by atoms with van der Waals surface area (Å²) in [6.07, 6.45) is -0.852. The summed E-state index contributed by atoms with van der Waals surface area (Å²) in [5.41, 5.74) is -1.29. The van der Waals surface area contributed by atoms with Gasteiger partial charge in [-0.05, 0) is 54.7 Å². The van der Waals surface area contributed by atoms with Gasteiger partial charge in [-0.2, -0.15) is 13.2 Å². The van der Waals surface area contributed by atoms with Crippen LogP contribution in [0.2, 0.25) is 0 Å². The lowest BCUT2D eigenvalue weighted by atomic mass is 9.99. The third-order valence-electron chi connectivity index (χ3n) is 5.85. The van der Waals surface area contributed by atoms with E-state index in [1.807, 2.05) is 0 Å². The highest BCUT2D eigenvalue weighted by atomic mass is 32.2. The lowest BCUT2D eigenvalue weighted by molar-refractivity contribution is -0.137. The Morgan fingerprint density at radius 2 is 1.91 bits per heavy atom. The first-order valence-corrected chi connectivity index (χ1v) is 12.0. The lowest BCUT2D eigenvalue weighted by Crippen LogP contribution is -2.18. The number of aromatic nitrogens is 1. The van der Waals surface area contributed by atoms with Crippen LogP contribution >= 0.6 is 0 Å². The van der Waals surface area contributed by atoms with Crippen LogP contribution in [-0.2, 0) is 23.9 Å². The number of halogens is 4. The van der Waals surface area contributed by atoms with Gasteiger partial charge in [0.25, 0.3) is 5.91 Å². The summed E-state index contributed by atoms with van der Waals surface area (Å²) in [5, 5.41) is 13.0. The minimum atomic E-state index is -4.62. The molecule has 1 atom stereocenters. The molecule has 1 amide bonds. The maximum atomic E-state index is 14.2. The summed E-state index contributed by atoms with van der Waals surface area (Å²) in [7, 11) is 0. The van der Waals surface area contributed by atoms with Gasteiger partial charge in [0.15, 0.2) is 10.7 Å². The molecule has 0 spiro atoms. The second-order valence-corrected chi connectivity index (χ2v) is 9.81. The third kappa shape index (κ3) is 4.84. The van der Waals surface area contributed by atoms with Crippen LogP contribution in [0, 0.1) is 12.7 Å². The van der Waals surface area contributed by atoms with Gasteiger partial charge in [0, 0.05) is 23.5 Å². The molecule has 5 nitrogen and oxygen atoms in total. The molecule has 0 bridgehead atoms. The fourth-order valence-corrected chi connectivity index (χ4v) is 4.53. The fraction of sp³-hybridized carbons (Fsp3) is 0.292. The number of aliphatic hydroxyl groups is 1. The van der Waals surface area contributed by atoms with Crippen molar-refractivity contribution < 1.29 is 32.0 Å². The first kappa shape index (κ1) is 24.3. The smallest absolute Gasteiger partial charge is 0.417 e. The van der Waals surface area contributed by atoms with Crippen LogP contribution in [0.15, 0.2) is 53.6 Å². The van der Waals surface area contributed by atoms with Crippen molar-refractivity contribution in [3.05, 3.63) is 71.2 Å². The normalized spacial score (nSPS) is 15.8. The van der Waals surface area contributed by atoms with Crippen LogP contribution in [0.3, 0.4) is 0 Å². The summed E-state index contributed by atoms with van der Waals surface area (Å²) >= 11 is -1.54. The maximum Gasteiger partial charge on any atom is 0.417 e. The Morgan fingerprint density at radius 1 is 1.24 bits per heavy atom. The molecule has 180 valence electrons. The molecule has 1 unspecified atom stereocenters. The molecule has 0 radical (unpaired) electrons. The second kappa shape index (κ2) is 8.75. The number of carbonyl (C=O) groups excluding carboxylic acids is 1. The van der Waals surface area contributed by atoms with E-state index in [4.69, 9.17) is 0 Å². The van der Waals surface area contributed by atoms with E-state index in [2.05, 4.69) is 5.32 Å². The molecular weight excluding hydrogens is 472 g/mol. The van der Waals surface area contributed by atoms with Crippen molar-refractivity contribution in [2.24, 2.45) is 0 Å². The van der Waals surface area contributed by atoms with Crippen molar-refractivity contribution in [1.82, 2.24) is 4.57 Å². The van der Waals surface area contributed by atoms with E-state index in [1.54, 1.807) is 0 Å². The number of benzene rings is 2. The van der Waals surface area contributed by atoms with E-state index in [1.165, 1.54) is 54.3 Å². The first-order chi connectivity index (χ1) is 15.9. The topological polar surface area (TPSA) is 77.3 Å². The number of alkyl halides is 3. The molecule has 1 saturated carbocycles. The number of nitrogens with one attached hydrogen (secondary N) is 1. The van der Waals surface area contributed by atoms with E-state index in [0.29, 0.717) is 18.4 Å². The Labute approximate surface area is 196 Å². The number of carbonyl (C=O) groups is 1. The average molecular weight is 495 g/mol. The van der Waals surface area contributed by atoms with Gasteiger partial charge in [0.05, 0.1) is 29.0 Å². The zero-order valence-electron chi connectivity index (χ0n) is 18.4. The molecule has 1 heterocycles. The van der Waals surface area contributed by atoms with E-state index in [-0.39, 0.29) is 33.9 Å². The largest absolute Gasteiger partial charge is 0.612 e. The Kier molecular flexibility index (Phi) is 6.26. The van der Waals surface area contributed by atoms with Crippen molar-refractivity contribution in [3.63, 3.8) is 0 Å². The SMILES string of the molecule is Cc1c(C(=O)Nc2ccc([S+](C)[O-])c(F)c2)cn(CC2(O)CC2)c1-c1ccccc1C(F)(F)F. The first-order valence-electron chi connectivity index (χ1n) is 10.4. The van der Waals surface area contributed by atoms with Crippen LogP contribution in [0.5, 0.6) is 0 Å². The Balaban J connectivity index is 1.75. The molecule has 1 aromatic heterocycles. The van der Waals surface area contributed by atoms with E-state index in [9.17, 15) is 32.0 Å². The van der Waals surface area contributed by atoms with Crippen molar-refractivity contribution in [1.29, 1.82) is 0 Å². The molecule has 34 heavy (non-hydrogen) atoms. The van der Waals surface area contributed by atoms with Gasteiger partial charge in [-0.25, -0.2) is 4.39 Å². The average Bonchev–Trinajstić information content (AvgIpc) is 3.38. The summed E-state index contributed by atoms with van der Waals surface area (Å²) in [5.74, 6) is -1.39. The molecule has 1 aliphatic rings. The molecule has 0 aliphatic heterocycles. The predicted octanol–water partition coefficient (Wildman–Crippen LogP) is 5.14. The number of anilines is 1. The minimum absolute atomic E-state index is 0.0101. The van der Waals surface area contributed by atoms with Crippen molar-refractivity contribution in [2.75, 3.05) is 11.6 Å². The maximum absolute atomic E-state index is 14.2. The highest BCUT2D eigenvalue weighted by Crippen LogP contribution is 2.42. The highest BCUT2D eigenvalue weighted by Gasteiger charge is 2.42. The molecule has 10 heteroatoms. The molecule has 4 rings (SSSR count). The van der Waals surface area contributed by atoms with Crippen LogP contribution in [-0.4, -0.2) is 32.0 Å². The van der Waals surface area contributed by atoms with Crippen LogP contribution < -0.4 is 5.32 Å². The lowest BCUT2D eigenvalue weighted by Gasteiger charge is -2.18. The van der Waals surface area contributed by atoms with Gasteiger partial charge in [-0.1, -0.05) is 18.2 Å². The second-order valence-electron chi connectivity index (χ2n) is 8.47. The summed E-state index contributed by atoms with van der Waals surface area (Å²) in [6.45, 7) is 1.57. The van der Waals surface area contributed by atoms with Gasteiger partial charge in [0.1, 0.15) is 6.26 Å². The van der Waals surface area contributed by atoms with E-state index >= 15 is 0 Å². The summed E-state index contributed by atoms with van der Waals surface area (Å²) in [6, 6.07) is 8.81. The monoisotopic (exact) mass is 494 g/mol. The molecule has 1 fully saturated rings. The Morgan fingerprint density at radius 3 is 2.50 bits per heavy atom. The van der Waals surface area contributed by atoms with Gasteiger partial charge >= 0.3 is 6.18 Å². The van der Waals surface area contributed by atoms with Gasteiger partial charge in [-0.15, -0.1) is 0 Å². The molecule has 0 saturated heterocycles. The number of nitrogens with zero attached hydrogens (tertiary/aromatic N) is 1. The third-order valence-corrected chi connectivity index (χ3v) is 6.81. The molecule has 2 N–H and O–H groups in total. The van der Waals surface area contributed by atoms with Gasteiger partial charge in [-0.3, -0.25) is 4.79 Å². The Bertz CT molecular complexity index is 1250. The van der Waals surface area contributed by atoms with E-state index < -0.39 is 40.2 Å². The molecular formula is C24H22F4N2O3S. The number of hydrogen-bond donors (Lipinski definition) is 2. The zero-order valence-corrected chi connectivity index (χ0v) is 19.2. The number of rotatable bonds is 6. The molecule has 3 aromatic rings. The molecule has 1 aliphatic carbocycles. The fourth-order valence-electron chi connectivity index (χ4n) is 3.94. The quantitative estimate of drug-likeness (QED) is 0.368. The minimum Gasteiger partial charge on any atom is -0.612 e. The van der Waals surface area contributed by atoms with Crippen molar-refractivity contribution >= 4 is 22.8 Å². The van der Waals surface area contributed by atoms with E-state index in [0.717, 1.165) is 12.1 Å². The number of amides is 1. The van der Waals surface area contributed by atoms with Crippen molar-refractivity contribution in [3.8, 4) is 11.3 Å². The van der Waals surface area contributed by atoms with Gasteiger partial charge < -0.3 is 19.5 Å². The van der Waals surface area contributed by atoms with Crippen LogP contribution in [0.1, 0.15) is 34.3 Å². The standard InChI is InChI=1S/C24H22F4N2O3S/c1-14-17(22(31)29-15-7-8-20(34(2)33)19(25)11-15)12-30(13-23(32)9-10-23)21(14)16-5-3-4-6-18(16)24(26,27)28/h3-8,11-12,32H,9-10,13H2,1-2H3,(H,29,31). The summed E-state index contributed by atoms with van der Waals surface area (Å²) in [4.78, 5) is 13.0. The van der Waals surface area contributed by atoms with Gasteiger partial charge in [0.2, 0.25) is 0 Å². The van der Waals surface area contributed by atoms with Crippen molar-refractivity contribution in [2.45, 2.75) is 43.0 Å². The highest BCUT2D eigenvalue weighted by molar-refractivity contribution is 7.90. The Hall–Kier alpha value is -2.82. The zero-order chi connectivity index (χ0) is 24.8.